The fourth-order valence-electron chi connectivity index (χ4n) is 3.51. The molecule has 3 aromatic carbocycles. The van der Waals surface area contributed by atoms with Crippen molar-refractivity contribution in [1.29, 1.82) is 0 Å². The van der Waals surface area contributed by atoms with Gasteiger partial charge < -0.3 is 4.98 Å². The molecule has 0 fully saturated rings. The maximum absolute atomic E-state index is 13.4. The van der Waals surface area contributed by atoms with Crippen LogP contribution in [-0.2, 0) is 0 Å². The average molecular weight is 489 g/mol. The first-order chi connectivity index (χ1) is 14.2. The smallest absolute Gasteiger partial charge is 0.266 e. The van der Waals surface area contributed by atoms with Crippen LogP contribution in [0.4, 0.5) is 0 Å². The summed E-state index contributed by atoms with van der Waals surface area (Å²) in [6, 6.07) is 23.5. The van der Waals surface area contributed by atoms with Crippen LogP contribution in [0, 0.1) is 3.57 Å². The summed E-state index contributed by atoms with van der Waals surface area (Å²) in [5.74, 6) is 0.597. The molecule has 0 saturated carbocycles. The number of H-pyrrole nitrogens is 1. The summed E-state index contributed by atoms with van der Waals surface area (Å²) in [7, 11) is 0. The minimum absolute atomic E-state index is 0.0710. The second-order valence-electron chi connectivity index (χ2n) is 6.73. The maximum Gasteiger partial charge on any atom is 0.266 e. The van der Waals surface area contributed by atoms with Crippen molar-refractivity contribution in [3.63, 3.8) is 0 Å². The van der Waals surface area contributed by atoms with Crippen molar-refractivity contribution in [3.8, 4) is 5.69 Å². The van der Waals surface area contributed by atoms with E-state index in [-0.39, 0.29) is 5.56 Å². The molecule has 0 bridgehead atoms. The number of benzene rings is 3. The number of halogens is 1. The van der Waals surface area contributed by atoms with Crippen molar-refractivity contribution in [1.82, 2.24) is 14.5 Å². The Balaban J connectivity index is 1.74. The maximum atomic E-state index is 13.4. The summed E-state index contributed by atoms with van der Waals surface area (Å²) in [5.41, 5.74) is 3.55. The topological polar surface area (TPSA) is 50.7 Å². The Morgan fingerprint density at radius 2 is 1.69 bits per heavy atom. The van der Waals surface area contributed by atoms with Gasteiger partial charge in [-0.1, -0.05) is 36.4 Å². The van der Waals surface area contributed by atoms with Crippen LogP contribution < -0.4 is 5.56 Å². The quantitative estimate of drug-likeness (QED) is 0.334. The number of aromatic amines is 1. The molecule has 0 spiro atoms. The van der Waals surface area contributed by atoms with Crippen LogP contribution in [0.3, 0.4) is 0 Å². The molecule has 4 nitrogen and oxygen atoms in total. The van der Waals surface area contributed by atoms with Gasteiger partial charge in [-0.2, -0.15) is 0 Å². The summed E-state index contributed by atoms with van der Waals surface area (Å²) >= 11 is 2.22. The lowest BCUT2D eigenvalue weighted by Crippen LogP contribution is -2.22. The lowest BCUT2D eigenvalue weighted by molar-refractivity contribution is 0.944. The molecule has 0 aliphatic rings. The van der Waals surface area contributed by atoms with Gasteiger partial charge in [0.05, 0.1) is 16.6 Å². The molecular weight excluding hydrogens is 473 g/mol. The van der Waals surface area contributed by atoms with E-state index in [1.54, 1.807) is 4.57 Å². The second kappa shape index (κ2) is 7.33. The highest BCUT2D eigenvalue weighted by molar-refractivity contribution is 14.1. The number of rotatable bonds is 3. The van der Waals surface area contributed by atoms with Crippen molar-refractivity contribution in [2.75, 3.05) is 0 Å². The Hall–Kier alpha value is -3.19. The van der Waals surface area contributed by atoms with Gasteiger partial charge in [-0.05, 0) is 76.7 Å². The summed E-state index contributed by atoms with van der Waals surface area (Å²) < 4.78 is 2.68. The fourth-order valence-corrected chi connectivity index (χ4v) is 4.00. The summed E-state index contributed by atoms with van der Waals surface area (Å²) in [4.78, 5) is 21.4. The lowest BCUT2D eigenvalue weighted by Gasteiger charge is -2.11. The van der Waals surface area contributed by atoms with E-state index in [1.807, 2.05) is 85.1 Å². The zero-order valence-electron chi connectivity index (χ0n) is 15.3. The van der Waals surface area contributed by atoms with E-state index in [2.05, 4.69) is 33.6 Å². The van der Waals surface area contributed by atoms with Crippen LogP contribution in [-0.4, -0.2) is 14.5 Å². The van der Waals surface area contributed by atoms with Gasteiger partial charge in [-0.25, -0.2) is 4.98 Å². The van der Waals surface area contributed by atoms with E-state index in [9.17, 15) is 4.79 Å². The monoisotopic (exact) mass is 489 g/mol. The first-order valence-electron chi connectivity index (χ1n) is 9.23. The van der Waals surface area contributed by atoms with Gasteiger partial charge in [-0.15, -0.1) is 0 Å². The van der Waals surface area contributed by atoms with E-state index in [1.165, 1.54) is 0 Å². The third-order valence-electron chi connectivity index (χ3n) is 4.90. The molecule has 0 radical (unpaired) electrons. The number of hydrogen-bond acceptors (Lipinski definition) is 2. The Labute approximate surface area is 180 Å². The molecule has 140 valence electrons. The SMILES string of the molecule is O=c1c2cc(I)ccc2nc(C=Cc2c[nH]c3ccccc23)n1-c1ccccc1. The molecule has 0 aliphatic carbocycles. The third-order valence-corrected chi connectivity index (χ3v) is 5.57. The Kier molecular flexibility index (Phi) is 4.52. The largest absolute Gasteiger partial charge is 0.361 e. The molecular formula is C24H16IN3O. The van der Waals surface area contributed by atoms with Gasteiger partial charge >= 0.3 is 0 Å². The number of hydrogen-bond donors (Lipinski definition) is 1. The Morgan fingerprint density at radius 3 is 2.55 bits per heavy atom. The highest BCUT2D eigenvalue weighted by Crippen LogP contribution is 2.21. The first-order valence-corrected chi connectivity index (χ1v) is 10.3. The summed E-state index contributed by atoms with van der Waals surface area (Å²) in [6.07, 6.45) is 5.87. The minimum Gasteiger partial charge on any atom is -0.361 e. The Morgan fingerprint density at radius 1 is 0.897 bits per heavy atom. The minimum atomic E-state index is -0.0710. The number of fused-ring (bicyclic) bond motifs is 2. The number of nitrogens with one attached hydrogen (secondary N) is 1. The van der Waals surface area contributed by atoms with E-state index >= 15 is 0 Å². The molecule has 0 saturated heterocycles. The summed E-state index contributed by atoms with van der Waals surface area (Å²) in [5, 5.41) is 1.75. The van der Waals surface area contributed by atoms with Crippen molar-refractivity contribution >= 4 is 56.5 Å². The molecule has 29 heavy (non-hydrogen) atoms. The first kappa shape index (κ1) is 17.9. The second-order valence-corrected chi connectivity index (χ2v) is 7.98. The molecule has 0 unspecified atom stereocenters. The van der Waals surface area contributed by atoms with Gasteiger partial charge in [-0.3, -0.25) is 9.36 Å². The summed E-state index contributed by atoms with van der Waals surface area (Å²) in [6.45, 7) is 0. The van der Waals surface area contributed by atoms with Crippen LogP contribution in [0.1, 0.15) is 11.4 Å². The van der Waals surface area contributed by atoms with Gasteiger partial charge in [0, 0.05) is 20.7 Å². The van der Waals surface area contributed by atoms with Crippen LogP contribution in [0.15, 0.2) is 83.8 Å². The van der Waals surface area contributed by atoms with E-state index in [0.717, 1.165) is 25.7 Å². The van der Waals surface area contributed by atoms with Crippen LogP contribution in [0.5, 0.6) is 0 Å². The molecule has 1 N–H and O–H groups in total. The molecule has 5 heteroatoms. The van der Waals surface area contributed by atoms with Gasteiger partial charge in [0.15, 0.2) is 0 Å². The third kappa shape index (κ3) is 3.27. The Bertz CT molecular complexity index is 1430. The predicted molar refractivity (Wildman–Crippen MR) is 127 cm³/mol. The number of nitrogens with zero attached hydrogens (tertiary/aromatic N) is 2. The van der Waals surface area contributed by atoms with E-state index < -0.39 is 0 Å². The van der Waals surface area contributed by atoms with Crippen LogP contribution >= 0.6 is 22.6 Å². The van der Waals surface area contributed by atoms with Gasteiger partial charge in [0.2, 0.25) is 0 Å². The molecule has 2 heterocycles. The highest BCUT2D eigenvalue weighted by Gasteiger charge is 2.11. The lowest BCUT2D eigenvalue weighted by atomic mass is 10.1. The zero-order valence-corrected chi connectivity index (χ0v) is 17.5. The number of aromatic nitrogens is 3. The molecule has 0 amide bonds. The van der Waals surface area contributed by atoms with E-state index in [0.29, 0.717) is 16.7 Å². The molecule has 2 aromatic heterocycles. The van der Waals surface area contributed by atoms with Gasteiger partial charge in [0.25, 0.3) is 5.56 Å². The molecule has 0 atom stereocenters. The normalized spacial score (nSPS) is 11.6. The highest BCUT2D eigenvalue weighted by atomic mass is 127. The fraction of sp³-hybridized carbons (Fsp3) is 0. The van der Waals surface area contributed by atoms with Crippen LogP contribution in [0.25, 0.3) is 39.6 Å². The number of para-hydroxylation sites is 2. The molecule has 5 rings (SSSR count). The molecule has 5 aromatic rings. The zero-order chi connectivity index (χ0) is 19.8. The van der Waals surface area contributed by atoms with Crippen LogP contribution in [0.2, 0.25) is 0 Å². The predicted octanol–water partition coefficient (Wildman–Crippen LogP) is 5.64. The van der Waals surface area contributed by atoms with Crippen molar-refractivity contribution in [3.05, 3.63) is 104 Å². The average Bonchev–Trinajstić information content (AvgIpc) is 3.17. The molecule has 0 aliphatic heterocycles. The van der Waals surface area contributed by atoms with E-state index in [4.69, 9.17) is 4.98 Å². The van der Waals surface area contributed by atoms with Crippen molar-refractivity contribution in [2.45, 2.75) is 0 Å². The standard InChI is InChI=1S/C24H16IN3O/c25-17-11-12-22-20(14-17)24(29)28(18-6-2-1-3-7-18)23(27-22)13-10-16-15-26-21-9-5-4-8-19(16)21/h1-15,26H. The van der Waals surface area contributed by atoms with Gasteiger partial charge in [0.1, 0.15) is 5.82 Å². The van der Waals surface area contributed by atoms with Crippen molar-refractivity contribution < 1.29 is 0 Å². The van der Waals surface area contributed by atoms with Crippen molar-refractivity contribution in [2.24, 2.45) is 0 Å².